The molecule has 0 fully saturated rings. The van der Waals surface area contributed by atoms with Crippen LogP contribution in [0.3, 0.4) is 0 Å². The number of amides is 1. The van der Waals surface area contributed by atoms with Crippen LogP contribution >= 0.6 is 15.9 Å². The van der Waals surface area contributed by atoms with Gasteiger partial charge in [-0.1, -0.05) is 41.9 Å². The fourth-order valence-corrected chi connectivity index (χ4v) is 2.00. The zero-order valence-electron chi connectivity index (χ0n) is 12.2. The molecule has 1 N–H and O–H groups in total. The third-order valence-corrected chi connectivity index (χ3v) is 3.10. The maximum Gasteiger partial charge on any atom is 0.408 e. The normalized spacial score (nSPS) is 13.2. The minimum Gasteiger partial charge on any atom is -0.444 e. The van der Waals surface area contributed by atoms with E-state index in [9.17, 15) is 4.79 Å². The Labute approximate surface area is 123 Å². The van der Waals surface area contributed by atoms with Crippen molar-refractivity contribution in [3.63, 3.8) is 0 Å². The first-order chi connectivity index (χ1) is 8.69. The van der Waals surface area contributed by atoms with Gasteiger partial charge in [0, 0.05) is 4.47 Å². The molecule has 0 radical (unpaired) electrons. The van der Waals surface area contributed by atoms with E-state index < -0.39 is 5.60 Å². The molecule has 0 saturated carbocycles. The molecule has 1 amide bonds. The predicted octanol–water partition coefficient (Wildman–Crippen LogP) is 4.67. The summed E-state index contributed by atoms with van der Waals surface area (Å²) >= 11 is 3.41. The fourth-order valence-electron chi connectivity index (χ4n) is 1.74. The number of ether oxygens (including phenoxy) is 1. The molecule has 3 nitrogen and oxygen atoms in total. The molecule has 1 aromatic carbocycles. The second-order valence-electron chi connectivity index (χ2n) is 5.92. The third kappa shape index (κ3) is 5.64. The maximum atomic E-state index is 11.9. The van der Waals surface area contributed by atoms with Crippen molar-refractivity contribution < 1.29 is 9.53 Å². The standard InChI is InChI=1S/C15H22BrNO2/c1-10(2)13(11-6-8-12(16)9-7-11)17-14(18)19-15(3,4)5/h6-10,13H,1-5H3,(H,17,18)/t13-/m1/s1. The van der Waals surface area contributed by atoms with Crippen LogP contribution in [0.4, 0.5) is 4.79 Å². The second kappa shape index (κ2) is 6.42. The number of carbonyl (C=O) groups is 1. The van der Waals surface area contributed by atoms with E-state index in [-0.39, 0.29) is 18.1 Å². The number of hydrogen-bond acceptors (Lipinski definition) is 2. The molecule has 1 aromatic rings. The van der Waals surface area contributed by atoms with Crippen LogP contribution < -0.4 is 5.32 Å². The van der Waals surface area contributed by atoms with Crippen molar-refractivity contribution in [2.45, 2.75) is 46.3 Å². The number of nitrogens with one attached hydrogen (secondary N) is 1. The quantitative estimate of drug-likeness (QED) is 0.875. The summed E-state index contributed by atoms with van der Waals surface area (Å²) < 4.78 is 6.33. The van der Waals surface area contributed by atoms with Crippen LogP contribution in [0, 0.1) is 5.92 Å². The maximum absolute atomic E-state index is 11.9. The number of hydrogen-bond donors (Lipinski definition) is 1. The molecular formula is C15H22BrNO2. The summed E-state index contributed by atoms with van der Waals surface area (Å²) in [6, 6.07) is 7.91. The zero-order valence-corrected chi connectivity index (χ0v) is 13.7. The van der Waals surface area contributed by atoms with Gasteiger partial charge in [0.05, 0.1) is 6.04 Å². The van der Waals surface area contributed by atoms with Crippen LogP contribution in [0.2, 0.25) is 0 Å². The molecule has 0 bridgehead atoms. The molecule has 1 rings (SSSR count). The fraction of sp³-hybridized carbons (Fsp3) is 0.533. The van der Waals surface area contributed by atoms with Crippen molar-refractivity contribution in [3.8, 4) is 0 Å². The van der Waals surface area contributed by atoms with Crippen LogP contribution in [-0.2, 0) is 4.74 Å². The number of carbonyl (C=O) groups excluding carboxylic acids is 1. The van der Waals surface area contributed by atoms with Crippen molar-refractivity contribution in [3.05, 3.63) is 34.3 Å². The summed E-state index contributed by atoms with van der Waals surface area (Å²) in [5, 5.41) is 2.93. The summed E-state index contributed by atoms with van der Waals surface area (Å²) in [5.41, 5.74) is 0.592. The largest absolute Gasteiger partial charge is 0.444 e. The Kier molecular flexibility index (Phi) is 5.41. The highest BCUT2D eigenvalue weighted by Gasteiger charge is 2.22. The van der Waals surface area contributed by atoms with Crippen molar-refractivity contribution in [2.75, 3.05) is 0 Å². The number of alkyl carbamates (subject to hydrolysis) is 1. The van der Waals surface area contributed by atoms with Gasteiger partial charge < -0.3 is 10.1 Å². The molecule has 0 aliphatic rings. The van der Waals surface area contributed by atoms with Gasteiger partial charge in [-0.25, -0.2) is 4.79 Å². The SMILES string of the molecule is CC(C)[C@@H](NC(=O)OC(C)(C)C)c1ccc(Br)cc1. The zero-order chi connectivity index (χ0) is 14.6. The first-order valence-corrected chi connectivity index (χ1v) is 7.23. The van der Waals surface area contributed by atoms with E-state index in [0.717, 1.165) is 10.0 Å². The van der Waals surface area contributed by atoms with Gasteiger partial charge in [0.1, 0.15) is 5.60 Å². The molecule has 0 aliphatic carbocycles. The summed E-state index contributed by atoms with van der Waals surface area (Å²) in [4.78, 5) is 11.9. The Balaban J connectivity index is 2.79. The van der Waals surface area contributed by atoms with Crippen molar-refractivity contribution in [2.24, 2.45) is 5.92 Å². The van der Waals surface area contributed by atoms with Gasteiger partial charge in [0.25, 0.3) is 0 Å². The van der Waals surface area contributed by atoms with Crippen LogP contribution in [0.1, 0.15) is 46.2 Å². The average Bonchev–Trinajstić information content (AvgIpc) is 2.24. The lowest BCUT2D eigenvalue weighted by Gasteiger charge is -2.26. The number of benzene rings is 1. The minimum atomic E-state index is -0.481. The predicted molar refractivity (Wildman–Crippen MR) is 81.1 cm³/mol. The Hall–Kier alpha value is -1.03. The summed E-state index contributed by atoms with van der Waals surface area (Å²) in [6.07, 6.45) is -0.380. The molecule has 0 spiro atoms. The van der Waals surface area contributed by atoms with Crippen molar-refractivity contribution >= 4 is 22.0 Å². The minimum absolute atomic E-state index is 0.0528. The number of rotatable bonds is 3. The van der Waals surface area contributed by atoms with E-state index in [1.165, 1.54) is 0 Å². The summed E-state index contributed by atoms with van der Waals surface area (Å²) in [7, 11) is 0. The van der Waals surface area contributed by atoms with E-state index in [1.54, 1.807) is 0 Å². The highest BCUT2D eigenvalue weighted by molar-refractivity contribution is 9.10. The van der Waals surface area contributed by atoms with Gasteiger partial charge in [-0.3, -0.25) is 0 Å². The lowest BCUT2D eigenvalue weighted by atomic mass is 9.96. The lowest BCUT2D eigenvalue weighted by Crippen LogP contribution is -2.36. The lowest BCUT2D eigenvalue weighted by molar-refractivity contribution is 0.0489. The first kappa shape index (κ1) is 16.0. The topological polar surface area (TPSA) is 38.3 Å². The van der Waals surface area contributed by atoms with Gasteiger partial charge in [0.15, 0.2) is 0 Å². The van der Waals surface area contributed by atoms with Gasteiger partial charge in [-0.05, 0) is 44.4 Å². The number of halogens is 1. The van der Waals surface area contributed by atoms with Gasteiger partial charge in [-0.2, -0.15) is 0 Å². The Morgan fingerprint density at radius 1 is 1.21 bits per heavy atom. The third-order valence-electron chi connectivity index (χ3n) is 2.57. The summed E-state index contributed by atoms with van der Waals surface area (Å²) in [6.45, 7) is 9.72. The van der Waals surface area contributed by atoms with E-state index >= 15 is 0 Å². The smallest absolute Gasteiger partial charge is 0.408 e. The molecule has 4 heteroatoms. The second-order valence-corrected chi connectivity index (χ2v) is 6.84. The molecule has 0 aromatic heterocycles. The Morgan fingerprint density at radius 3 is 2.16 bits per heavy atom. The van der Waals surface area contributed by atoms with Gasteiger partial charge in [0.2, 0.25) is 0 Å². The Morgan fingerprint density at radius 2 is 1.74 bits per heavy atom. The van der Waals surface area contributed by atoms with Gasteiger partial charge >= 0.3 is 6.09 Å². The molecule has 106 valence electrons. The van der Waals surface area contributed by atoms with Crippen molar-refractivity contribution in [1.29, 1.82) is 0 Å². The molecule has 1 atom stereocenters. The molecule has 0 saturated heterocycles. The van der Waals surface area contributed by atoms with E-state index in [2.05, 4.69) is 35.1 Å². The Bertz CT molecular complexity index is 421. The van der Waals surface area contributed by atoms with Crippen LogP contribution in [0.25, 0.3) is 0 Å². The summed E-state index contributed by atoms with van der Waals surface area (Å²) in [5.74, 6) is 0.286. The van der Waals surface area contributed by atoms with Crippen molar-refractivity contribution in [1.82, 2.24) is 5.32 Å². The van der Waals surface area contributed by atoms with Crippen LogP contribution in [0.15, 0.2) is 28.7 Å². The monoisotopic (exact) mass is 327 g/mol. The first-order valence-electron chi connectivity index (χ1n) is 6.44. The molecular weight excluding hydrogens is 306 g/mol. The molecule has 0 aliphatic heterocycles. The molecule has 19 heavy (non-hydrogen) atoms. The van der Waals surface area contributed by atoms with E-state index in [4.69, 9.17) is 4.74 Å². The van der Waals surface area contributed by atoms with Crippen LogP contribution in [-0.4, -0.2) is 11.7 Å². The van der Waals surface area contributed by atoms with E-state index in [0.29, 0.717) is 0 Å². The highest BCUT2D eigenvalue weighted by atomic mass is 79.9. The average molecular weight is 328 g/mol. The van der Waals surface area contributed by atoms with Crippen LogP contribution in [0.5, 0.6) is 0 Å². The highest BCUT2D eigenvalue weighted by Crippen LogP contribution is 2.24. The molecule has 0 unspecified atom stereocenters. The van der Waals surface area contributed by atoms with E-state index in [1.807, 2.05) is 45.0 Å². The molecule has 0 heterocycles. The van der Waals surface area contributed by atoms with Gasteiger partial charge in [-0.15, -0.1) is 0 Å².